The molecule has 4 rings (SSSR count). The third-order valence-electron chi connectivity index (χ3n) is 4.37. The van der Waals surface area contributed by atoms with Crippen molar-refractivity contribution in [3.63, 3.8) is 0 Å². The second-order valence-corrected chi connectivity index (χ2v) is 6.32. The molecular weight excluding hydrogens is 342 g/mol. The van der Waals surface area contributed by atoms with Gasteiger partial charge in [0.05, 0.1) is 17.8 Å². The van der Waals surface area contributed by atoms with E-state index in [4.69, 9.17) is 4.74 Å². The maximum Gasteiger partial charge on any atom is 0.248 e. The molecule has 0 aliphatic carbocycles. The monoisotopic (exact) mass is 361 g/mol. The third kappa shape index (κ3) is 3.72. The predicted molar refractivity (Wildman–Crippen MR) is 102 cm³/mol. The summed E-state index contributed by atoms with van der Waals surface area (Å²) in [6, 6.07) is 17.1. The molecule has 7 nitrogen and oxygen atoms in total. The van der Waals surface area contributed by atoms with E-state index in [0.717, 1.165) is 40.1 Å². The number of fused-ring (bicyclic) bond motifs is 1. The first-order valence-electron chi connectivity index (χ1n) is 8.80. The minimum Gasteiger partial charge on any atom is -0.494 e. The van der Waals surface area contributed by atoms with Gasteiger partial charge in [0.25, 0.3) is 0 Å². The number of aryl methyl sites for hydroxylation is 2. The average molecular weight is 361 g/mol. The zero-order valence-electron chi connectivity index (χ0n) is 14.9. The van der Waals surface area contributed by atoms with Gasteiger partial charge in [-0.3, -0.25) is 4.79 Å². The summed E-state index contributed by atoms with van der Waals surface area (Å²) in [7, 11) is 0. The van der Waals surface area contributed by atoms with E-state index in [1.165, 1.54) is 0 Å². The van der Waals surface area contributed by atoms with Crippen LogP contribution in [0, 0.1) is 6.92 Å². The standard InChI is InChI=1S/C20H19N5O2/c1-14-12-20(26)21-18-13-16(9-10-17(14)18)27-11-5-8-19-22-23-24-25(19)15-6-3-2-4-7-15/h2-4,6-7,9-10,12-13H,5,8,11H2,1H3,(H,21,26). The number of aromatic amines is 1. The van der Waals surface area contributed by atoms with Gasteiger partial charge in [-0.2, -0.15) is 4.68 Å². The molecule has 0 atom stereocenters. The number of hydrogen-bond acceptors (Lipinski definition) is 5. The van der Waals surface area contributed by atoms with Crippen molar-refractivity contribution < 1.29 is 4.74 Å². The van der Waals surface area contributed by atoms with Crippen LogP contribution >= 0.6 is 0 Å². The van der Waals surface area contributed by atoms with Gasteiger partial charge in [-0.25, -0.2) is 0 Å². The highest BCUT2D eigenvalue weighted by molar-refractivity contribution is 5.82. The second-order valence-electron chi connectivity index (χ2n) is 6.32. The molecule has 2 heterocycles. The van der Waals surface area contributed by atoms with E-state index in [1.807, 2.05) is 55.5 Å². The lowest BCUT2D eigenvalue weighted by Gasteiger charge is -2.08. The molecule has 0 amide bonds. The van der Waals surface area contributed by atoms with Crippen LogP contribution < -0.4 is 10.3 Å². The lowest BCUT2D eigenvalue weighted by Crippen LogP contribution is -2.07. The number of rotatable bonds is 6. The number of pyridine rings is 1. The number of nitrogens with one attached hydrogen (secondary N) is 1. The number of nitrogens with zero attached hydrogens (tertiary/aromatic N) is 4. The normalized spacial score (nSPS) is 11.0. The summed E-state index contributed by atoms with van der Waals surface area (Å²) in [4.78, 5) is 14.5. The van der Waals surface area contributed by atoms with E-state index >= 15 is 0 Å². The van der Waals surface area contributed by atoms with Crippen molar-refractivity contribution in [2.24, 2.45) is 0 Å². The zero-order chi connectivity index (χ0) is 18.6. The molecule has 0 unspecified atom stereocenters. The fraction of sp³-hybridized carbons (Fsp3) is 0.200. The topological polar surface area (TPSA) is 85.7 Å². The van der Waals surface area contributed by atoms with Crippen LogP contribution in [0.1, 0.15) is 17.8 Å². The number of H-pyrrole nitrogens is 1. The molecule has 27 heavy (non-hydrogen) atoms. The second kappa shape index (κ2) is 7.41. The molecule has 0 saturated heterocycles. The number of benzene rings is 2. The number of tetrazole rings is 1. The minimum atomic E-state index is -0.107. The highest BCUT2D eigenvalue weighted by Gasteiger charge is 2.08. The van der Waals surface area contributed by atoms with Crippen LogP contribution in [0.15, 0.2) is 59.4 Å². The van der Waals surface area contributed by atoms with Gasteiger partial charge >= 0.3 is 0 Å². The number of para-hydroxylation sites is 1. The van der Waals surface area contributed by atoms with Crippen molar-refractivity contribution in [1.29, 1.82) is 0 Å². The Morgan fingerprint density at radius 1 is 1.11 bits per heavy atom. The molecule has 2 aromatic heterocycles. The number of aromatic nitrogens is 5. The Hall–Kier alpha value is -3.48. The third-order valence-corrected chi connectivity index (χ3v) is 4.37. The van der Waals surface area contributed by atoms with E-state index < -0.39 is 0 Å². The van der Waals surface area contributed by atoms with E-state index in [0.29, 0.717) is 13.0 Å². The SMILES string of the molecule is Cc1cc(=O)[nH]c2cc(OCCCc3nnnn3-c3ccccc3)ccc12. The summed E-state index contributed by atoms with van der Waals surface area (Å²) in [5.74, 6) is 1.52. The van der Waals surface area contributed by atoms with Crippen LogP contribution in [0.5, 0.6) is 5.75 Å². The molecule has 0 saturated carbocycles. The van der Waals surface area contributed by atoms with Gasteiger partial charge in [0, 0.05) is 23.9 Å². The molecule has 136 valence electrons. The highest BCUT2D eigenvalue weighted by atomic mass is 16.5. The van der Waals surface area contributed by atoms with Crippen molar-refractivity contribution in [3.05, 3.63) is 76.3 Å². The first-order valence-corrected chi connectivity index (χ1v) is 8.80. The Morgan fingerprint density at radius 2 is 1.96 bits per heavy atom. The van der Waals surface area contributed by atoms with Crippen molar-refractivity contribution in [2.45, 2.75) is 19.8 Å². The fourth-order valence-corrected chi connectivity index (χ4v) is 3.06. The molecule has 0 fully saturated rings. The van der Waals surface area contributed by atoms with Crippen LogP contribution in [0.2, 0.25) is 0 Å². The smallest absolute Gasteiger partial charge is 0.248 e. The summed E-state index contributed by atoms with van der Waals surface area (Å²) in [5, 5.41) is 13.0. The van der Waals surface area contributed by atoms with Gasteiger partial charge in [-0.15, -0.1) is 5.10 Å². The Balaban J connectivity index is 1.39. The predicted octanol–water partition coefficient (Wildman–Crippen LogP) is 2.82. The molecule has 7 heteroatoms. The van der Waals surface area contributed by atoms with Crippen LogP contribution in [-0.2, 0) is 6.42 Å². The molecule has 1 N–H and O–H groups in total. The van der Waals surface area contributed by atoms with E-state index in [9.17, 15) is 4.79 Å². The van der Waals surface area contributed by atoms with E-state index in [1.54, 1.807) is 10.7 Å². The van der Waals surface area contributed by atoms with Crippen molar-refractivity contribution in [3.8, 4) is 11.4 Å². The van der Waals surface area contributed by atoms with Crippen molar-refractivity contribution in [1.82, 2.24) is 25.2 Å². The Labute approximate surface area is 155 Å². The van der Waals surface area contributed by atoms with Gasteiger partial charge < -0.3 is 9.72 Å². The van der Waals surface area contributed by atoms with Gasteiger partial charge in [-0.05, 0) is 53.6 Å². The summed E-state index contributed by atoms with van der Waals surface area (Å²) >= 11 is 0. The molecule has 0 aliphatic rings. The van der Waals surface area contributed by atoms with Gasteiger partial charge in [0.1, 0.15) is 5.75 Å². The summed E-state index contributed by atoms with van der Waals surface area (Å²) in [6.45, 7) is 2.46. The Morgan fingerprint density at radius 3 is 2.81 bits per heavy atom. The molecule has 0 spiro atoms. The summed E-state index contributed by atoms with van der Waals surface area (Å²) < 4.78 is 7.58. The van der Waals surface area contributed by atoms with Crippen LogP contribution in [0.3, 0.4) is 0 Å². The summed E-state index contributed by atoms with van der Waals surface area (Å²) in [5.41, 5.74) is 2.57. The van der Waals surface area contributed by atoms with Gasteiger partial charge in [-0.1, -0.05) is 18.2 Å². The van der Waals surface area contributed by atoms with E-state index in [-0.39, 0.29) is 5.56 Å². The van der Waals surface area contributed by atoms with Crippen LogP contribution in [-0.4, -0.2) is 31.8 Å². The molecule has 0 bridgehead atoms. The quantitative estimate of drug-likeness (QED) is 0.534. The van der Waals surface area contributed by atoms with Gasteiger partial charge in [0.15, 0.2) is 5.82 Å². The first-order chi connectivity index (χ1) is 13.2. The lowest BCUT2D eigenvalue weighted by molar-refractivity contribution is 0.310. The van der Waals surface area contributed by atoms with Gasteiger partial charge in [0.2, 0.25) is 5.56 Å². The number of hydrogen-bond donors (Lipinski definition) is 1. The lowest BCUT2D eigenvalue weighted by atomic mass is 10.1. The van der Waals surface area contributed by atoms with E-state index in [2.05, 4.69) is 20.5 Å². The largest absolute Gasteiger partial charge is 0.494 e. The first kappa shape index (κ1) is 17.0. The van der Waals surface area contributed by atoms with Crippen LogP contribution in [0.25, 0.3) is 16.6 Å². The molecule has 0 radical (unpaired) electrons. The average Bonchev–Trinajstić information content (AvgIpc) is 3.14. The molecule has 0 aliphatic heterocycles. The maximum absolute atomic E-state index is 11.6. The van der Waals surface area contributed by atoms with Crippen molar-refractivity contribution >= 4 is 10.9 Å². The molecule has 2 aromatic carbocycles. The van der Waals surface area contributed by atoms with Crippen LogP contribution in [0.4, 0.5) is 0 Å². The molecular formula is C20H19N5O2. The highest BCUT2D eigenvalue weighted by Crippen LogP contribution is 2.21. The Bertz CT molecular complexity index is 1120. The molecule has 4 aromatic rings. The summed E-state index contributed by atoms with van der Waals surface area (Å²) in [6.07, 6.45) is 1.47. The minimum absolute atomic E-state index is 0.107. The number of ether oxygens (including phenoxy) is 1. The fourth-order valence-electron chi connectivity index (χ4n) is 3.06. The maximum atomic E-state index is 11.6. The Kier molecular flexibility index (Phi) is 4.65. The van der Waals surface area contributed by atoms with Crippen molar-refractivity contribution in [2.75, 3.05) is 6.61 Å². The zero-order valence-corrected chi connectivity index (χ0v) is 14.9.